The summed E-state index contributed by atoms with van der Waals surface area (Å²) in [5.74, 6) is -0.252. The number of nitrogens with one attached hydrogen (secondary N) is 1. The first-order valence-corrected chi connectivity index (χ1v) is 9.51. The molecular formula is C20H25N5O3. The summed E-state index contributed by atoms with van der Waals surface area (Å²) in [5.41, 5.74) is 0.852. The zero-order valence-electron chi connectivity index (χ0n) is 16.0. The minimum atomic E-state index is -0.201. The van der Waals surface area contributed by atoms with Crippen LogP contribution in [-0.4, -0.2) is 64.1 Å². The standard InChI is InChI=1S/C20H25N5O3/c1-2-10-25-19(27)9-8-17(22-25)20(28)24-13-11-23(12-14-24)15-18(26)21-16-6-4-3-5-7-16/h3-9H,2,10-15H2,1H3,(H,21,26). The van der Waals surface area contributed by atoms with Crippen molar-refractivity contribution in [2.24, 2.45) is 0 Å². The number of amides is 2. The van der Waals surface area contributed by atoms with E-state index in [1.807, 2.05) is 42.2 Å². The fraction of sp³-hybridized carbons (Fsp3) is 0.400. The second-order valence-electron chi connectivity index (χ2n) is 6.76. The van der Waals surface area contributed by atoms with Crippen molar-refractivity contribution in [1.82, 2.24) is 19.6 Å². The molecule has 0 atom stereocenters. The van der Waals surface area contributed by atoms with E-state index in [2.05, 4.69) is 10.4 Å². The Bertz CT molecular complexity index is 873. The number of para-hydroxylation sites is 1. The molecule has 28 heavy (non-hydrogen) atoms. The maximum atomic E-state index is 12.7. The SMILES string of the molecule is CCCn1nc(C(=O)N2CCN(CC(=O)Nc3ccccc3)CC2)ccc1=O. The van der Waals surface area contributed by atoms with E-state index in [0.29, 0.717) is 32.7 Å². The molecule has 2 amide bonds. The third kappa shape index (κ3) is 5.04. The lowest BCUT2D eigenvalue weighted by Gasteiger charge is -2.34. The number of piperazine rings is 1. The van der Waals surface area contributed by atoms with Gasteiger partial charge in [0.25, 0.3) is 11.5 Å². The quantitative estimate of drug-likeness (QED) is 0.806. The van der Waals surface area contributed by atoms with Gasteiger partial charge in [-0.1, -0.05) is 25.1 Å². The average molecular weight is 383 g/mol. The van der Waals surface area contributed by atoms with Crippen LogP contribution >= 0.6 is 0 Å². The Labute approximate surface area is 163 Å². The van der Waals surface area contributed by atoms with Gasteiger partial charge in [-0.15, -0.1) is 0 Å². The number of benzene rings is 1. The van der Waals surface area contributed by atoms with Gasteiger partial charge in [-0.3, -0.25) is 19.3 Å². The highest BCUT2D eigenvalue weighted by atomic mass is 16.2. The van der Waals surface area contributed by atoms with E-state index in [9.17, 15) is 14.4 Å². The maximum absolute atomic E-state index is 12.7. The van der Waals surface area contributed by atoms with Gasteiger partial charge in [0.1, 0.15) is 5.69 Å². The second-order valence-corrected chi connectivity index (χ2v) is 6.76. The van der Waals surface area contributed by atoms with Crippen LogP contribution in [0.3, 0.4) is 0 Å². The lowest BCUT2D eigenvalue weighted by molar-refractivity contribution is -0.117. The van der Waals surface area contributed by atoms with Gasteiger partial charge in [-0.25, -0.2) is 4.68 Å². The predicted octanol–water partition coefficient (Wildman–Crippen LogP) is 1.05. The Balaban J connectivity index is 1.52. The van der Waals surface area contributed by atoms with Crippen LogP contribution in [-0.2, 0) is 11.3 Å². The molecule has 1 fully saturated rings. The van der Waals surface area contributed by atoms with Gasteiger partial charge in [0.15, 0.2) is 0 Å². The van der Waals surface area contributed by atoms with Crippen LogP contribution in [0.1, 0.15) is 23.8 Å². The first-order valence-electron chi connectivity index (χ1n) is 9.51. The summed E-state index contributed by atoms with van der Waals surface area (Å²) < 4.78 is 1.33. The molecule has 1 saturated heterocycles. The number of rotatable bonds is 6. The number of carbonyl (C=O) groups excluding carboxylic acids is 2. The molecular weight excluding hydrogens is 358 g/mol. The molecule has 0 bridgehead atoms. The number of hydrogen-bond donors (Lipinski definition) is 1. The molecule has 0 radical (unpaired) electrons. The molecule has 1 aliphatic rings. The molecule has 148 valence electrons. The largest absolute Gasteiger partial charge is 0.335 e. The van der Waals surface area contributed by atoms with Crippen molar-refractivity contribution in [1.29, 1.82) is 0 Å². The second kappa shape index (κ2) is 9.27. The number of aryl methyl sites for hydroxylation is 1. The highest BCUT2D eigenvalue weighted by Crippen LogP contribution is 2.08. The summed E-state index contributed by atoms with van der Waals surface area (Å²) >= 11 is 0. The number of hydrogen-bond acceptors (Lipinski definition) is 5. The molecule has 0 saturated carbocycles. The lowest BCUT2D eigenvalue weighted by atomic mass is 10.2. The predicted molar refractivity (Wildman–Crippen MR) is 106 cm³/mol. The lowest BCUT2D eigenvalue weighted by Crippen LogP contribution is -2.50. The molecule has 1 aliphatic heterocycles. The summed E-state index contributed by atoms with van der Waals surface area (Å²) in [6, 6.07) is 12.2. The van der Waals surface area contributed by atoms with E-state index < -0.39 is 0 Å². The van der Waals surface area contributed by atoms with E-state index in [-0.39, 0.29) is 29.6 Å². The van der Waals surface area contributed by atoms with E-state index in [1.165, 1.54) is 16.8 Å². The molecule has 1 aromatic heterocycles. The summed E-state index contributed by atoms with van der Waals surface area (Å²) in [5, 5.41) is 7.06. The van der Waals surface area contributed by atoms with Crippen molar-refractivity contribution in [2.45, 2.75) is 19.9 Å². The van der Waals surface area contributed by atoms with Crippen LogP contribution in [0.5, 0.6) is 0 Å². The van der Waals surface area contributed by atoms with Crippen molar-refractivity contribution in [3.05, 3.63) is 58.5 Å². The zero-order chi connectivity index (χ0) is 19.9. The topological polar surface area (TPSA) is 87.5 Å². The summed E-state index contributed by atoms with van der Waals surface area (Å²) in [6.45, 7) is 5.00. The van der Waals surface area contributed by atoms with E-state index in [4.69, 9.17) is 0 Å². The monoisotopic (exact) mass is 383 g/mol. The minimum Gasteiger partial charge on any atom is -0.335 e. The smallest absolute Gasteiger partial charge is 0.274 e. The fourth-order valence-electron chi connectivity index (χ4n) is 3.13. The van der Waals surface area contributed by atoms with Crippen molar-refractivity contribution in [2.75, 3.05) is 38.0 Å². The molecule has 3 rings (SSSR count). The average Bonchev–Trinajstić information content (AvgIpc) is 2.70. The molecule has 0 spiro atoms. The summed E-state index contributed by atoms with van der Waals surface area (Å²) in [6.07, 6.45) is 0.772. The highest BCUT2D eigenvalue weighted by molar-refractivity contribution is 5.93. The Morgan fingerprint density at radius 2 is 1.75 bits per heavy atom. The summed E-state index contributed by atoms with van der Waals surface area (Å²) in [4.78, 5) is 40.4. The molecule has 1 aromatic carbocycles. The van der Waals surface area contributed by atoms with Gasteiger partial charge in [0, 0.05) is 44.5 Å². The molecule has 1 N–H and O–H groups in total. The molecule has 2 heterocycles. The van der Waals surface area contributed by atoms with Crippen LogP contribution in [0.2, 0.25) is 0 Å². The minimum absolute atomic E-state index is 0.0701. The van der Waals surface area contributed by atoms with Gasteiger partial charge in [-0.05, 0) is 24.6 Å². The number of anilines is 1. The van der Waals surface area contributed by atoms with E-state index in [0.717, 1.165) is 12.1 Å². The Kier molecular flexibility index (Phi) is 6.54. The first kappa shape index (κ1) is 19.8. The third-order valence-electron chi connectivity index (χ3n) is 4.61. The van der Waals surface area contributed by atoms with Crippen LogP contribution in [0.4, 0.5) is 5.69 Å². The van der Waals surface area contributed by atoms with Crippen molar-refractivity contribution in [3.63, 3.8) is 0 Å². The van der Waals surface area contributed by atoms with Gasteiger partial charge in [-0.2, -0.15) is 5.10 Å². The Morgan fingerprint density at radius 1 is 1.04 bits per heavy atom. The van der Waals surface area contributed by atoms with Gasteiger partial charge in [0.2, 0.25) is 5.91 Å². The van der Waals surface area contributed by atoms with Gasteiger partial charge < -0.3 is 10.2 Å². The normalized spacial score (nSPS) is 14.7. The van der Waals surface area contributed by atoms with Crippen molar-refractivity contribution >= 4 is 17.5 Å². The van der Waals surface area contributed by atoms with Crippen molar-refractivity contribution in [3.8, 4) is 0 Å². The molecule has 8 nitrogen and oxygen atoms in total. The number of nitrogens with zero attached hydrogens (tertiary/aromatic N) is 4. The number of aromatic nitrogens is 2. The van der Waals surface area contributed by atoms with Crippen LogP contribution in [0.25, 0.3) is 0 Å². The van der Waals surface area contributed by atoms with Crippen LogP contribution in [0, 0.1) is 0 Å². The fourth-order valence-corrected chi connectivity index (χ4v) is 3.13. The van der Waals surface area contributed by atoms with Crippen LogP contribution < -0.4 is 10.9 Å². The summed E-state index contributed by atoms with van der Waals surface area (Å²) in [7, 11) is 0. The molecule has 0 unspecified atom stereocenters. The Hall–Kier alpha value is -3.00. The third-order valence-corrected chi connectivity index (χ3v) is 4.61. The van der Waals surface area contributed by atoms with E-state index in [1.54, 1.807) is 4.90 Å². The molecule has 0 aliphatic carbocycles. The van der Waals surface area contributed by atoms with Crippen LogP contribution in [0.15, 0.2) is 47.3 Å². The van der Waals surface area contributed by atoms with Crippen molar-refractivity contribution < 1.29 is 9.59 Å². The van der Waals surface area contributed by atoms with Gasteiger partial charge >= 0.3 is 0 Å². The van der Waals surface area contributed by atoms with E-state index >= 15 is 0 Å². The highest BCUT2D eigenvalue weighted by Gasteiger charge is 2.24. The van der Waals surface area contributed by atoms with Gasteiger partial charge in [0.05, 0.1) is 6.54 Å². The number of carbonyl (C=O) groups is 2. The molecule has 2 aromatic rings. The maximum Gasteiger partial charge on any atom is 0.274 e. The first-order chi connectivity index (χ1) is 13.6. The molecule has 8 heteroatoms. The zero-order valence-corrected chi connectivity index (χ0v) is 16.0. The Morgan fingerprint density at radius 3 is 2.43 bits per heavy atom.